The predicted molar refractivity (Wildman–Crippen MR) is 84.5 cm³/mol. The summed E-state index contributed by atoms with van der Waals surface area (Å²) in [5, 5.41) is 11.5. The third-order valence-electron chi connectivity index (χ3n) is 2.53. The molecule has 0 aromatic heterocycles. The van der Waals surface area contributed by atoms with Crippen LogP contribution in [0.2, 0.25) is 0 Å². The third kappa shape index (κ3) is 19.4. The molecule has 120 valence electrons. The standard InChI is InChI=1S/C10H19NO.C5H13NO2/c1-4-5-6-9(2)7-8-10(3)11-12;1-7-4-5-8-3-2-6/h6,12H,4-5,7-8H2,1-3H3;2-6H2,1H3/b9-6+,11-10+;. The number of hydrogen-bond donors (Lipinski definition) is 2. The molecule has 0 saturated heterocycles. The summed E-state index contributed by atoms with van der Waals surface area (Å²) in [6, 6.07) is 0. The van der Waals surface area contributed by atoms with Crippen molar-refractivity contribution >= 4 is 5.71 Å². The fourth-order valence-corrected chi connectivity index (χ4v) is 1.25. The highest BCUT2D eigenvalue weighted by atomic mass is 16.5. The summed E-state index contributed by atoms with van der Waals surface area (Å²) in [4.78, 5) is 0. The van der Waals surface area contributed by atoms with Crippen molar-refractivity contribution in [1.82, 2.24) is 0 Å². The van der Waals surface area contributed by atoms with Crippen LogP contribution in [0, 0.1) is 0 Å². The highest BCUT2D eigenvalue weighted by Crippen LogP contribution is 2.06. The van der Waals surface area contributed by atoms with Gasteiger partial charge in [0.25, 0.3) is 0 Å². The van der Waals surface area contributed by atoms with Crippen LogP contribution in [0.3, 0.4) is 0 Å². The molecule has 3 N–H and O–H groups in total. The molecule has 0 aromatic carbocycles. The first-order valence-corrected chi connectivity index (χ1v) is 7.22. The molecule has 0 heterocycles. The lowest BCUT2D eigenvalue weighted by molar-refractivity contribution is 0.0747. The zero-order chi connectivity index (χ0) is 15.6. The lowest BCUT2D eigenvalue weighted by Crippen LogP contribution is -2.11. The van der Waals surface area contributed by atoms with Gasteiger partial charge in [0.2, 0.25) is 0 Å². The average Bonchev–Trinajstić information content (AvgIpc) is 2.47. The normalized spacial score (nSPS) is 12.1. The first-order valence-electron chi connectivity index (χ1n) is 7.22. The Hall–Kier alpha value is -0.910. The molecule has 0 unspecified atom stereocenters. The summed E-state index contributed by atoms with van der Waals surface area (Å²) in [6.45, 7) is 8.65. The second-order valence-corrected chi connectivity index (χ2v) is 4.57. The van der Waals surface area contributed by atoms with Crippen LogP contribution in [0.4, 0.5) is 0 Å². The van der Waals surface area contributed by atoms with E-state index in [9.17, 15) is 0 Å². The van der Waals surface area contributed by atoms with Gasteiger partial charge in [0.15, 0.2) is 0 Å². The molecule has 0 atom stereocenters. The minimum atomic E-state index is 0.587. The number of hydrogen-bond acceptors (Lipinski definition) is 5. The zero-order valence-electron chi connectivity index (χ0n) is 13.5. The summed E-state index contributed by atoms with van der Waals surface area (Å²) in [5.41, 5.74) is 7.34. The zero-order valence-corrected chi connectivity index (χ0v) is 13.5. The van der Waals surface area contributed by atoms with Gasteiger partial charge in [0, 0.05) is 13.7 Å². The summed E-state index contributed by atoms with van der Waals surface area (Å²) < 4.78 is 9.70. The molecule has 0 aliphatic carbocycles. The van der Waals surface area contributed by atoms with E-state index in [-0.39, 0.29) is 0 Å². The summed E-state index contributed by atoms with van der Waals surface area (Å²) >= 11 is 0. The molecule has 0 rings (SSSR count). The van der Waals surface area contributed by atoms with Gasteiger partial charge in [-0.05, 0) is 33.1 Å². The topological polar surface area (TPSA) is 77.1 Å². The summed E-state index contributed by atoms with van der Waals surface area (Å²) in [7, 11) is 1.64. The average molecular weight is 288 g/mol. The summed E-state index contributed by atoms with van der Waals surface area (Å²) in [6.07, 6.45) is 6.48. The molecule has 5 heteroatoms. The Bertz CT molecular complexity index is 248. The number of nitrogens with two attached hydrogens (primary N) is 1. The molecule has 0 aromatic rings. The van der Waals surface area contributed by atoms with Crippen LogP contribution in [0.5, 0.6) is 0 Å². The van der Waals surface area contributed by atoms with Gasteiger partial charge in [-0.2, -0.15) is 0 Å². The van der Waals surface area contributed by atoms with Crippen LogP contribution in [-0.4, -0.2) is 44.4 Å². The first kappa shape index (κ1) is 21.4. The molecular weight excluding hydrogens is 256 g/mol. The van der Waals surface area contributed by atoms with E-state index in [1.807, 2.05) is 6.92 Å². The van der Waals surface area contributed by atoms with Crippen molar-refractivity contribution in [1.29, 1.82) is 0 Å². The maximum absolute atomic E-state index is 8.39. The van der Waals surface area contributed by atoms with Crippen molar-refractivity contribution in [2.24, 2.45) is 10.9 Å². The van der Waals surface area contributed by atoms with Crippen molar-refractivity contribution in [3.63, 3.8) is 0 Å². The van der Waals surface area contributed by atoms with Crippen molar-refractivity contribution < 1.29 is 14.7 Å². The van der Waals surface area contributed by atoms with E-state index in [1.165, 1.54) is 12.0 Å². The lowest BCUT2D eigenvalue weighted by Gasteiger charge is -1.99. The van der Waals surface area contributed by atoms with Gasteiger partial charge < -0.3 is 20.4 Å². The Labute approximate surface area is 123 Å². The molecule has 0 aliphatic rings. The molecule has 0 saturated carbocycles. The largest absolute Gasteiger partial charge is 0.411 e. The molecule has 20 heavy (non-hydrogen) atoms. The van der Waals surface area contributed by atoms with Gasteiger partial charge in [-0.15, -0.1) is 0 Å². The van der Waals surface area contributed by atoms with Crippen molar-refractivity contribution in [2.75, 3.05) is 33.5 Å². The molecule has 0 amide bonds. The second kappa shape index (κ2) is 18.1. The number of oxime groups is 1. The molecule has 0 bridgehead atoms. The van der Waals surface area contributed by atoms with Gasteiger partial charge in [-0.3, -0.25) is 0 Å². The van der Waals surface area contributed by atoms with Crippen LogP contribution < -0.4 is 5.73 Å². The lowest BCUT2D eigenvalue weighted by atomic mass is 10.1. The quantitative estimate of drug-likeness (QED) is 0.213. The summed E-state index contributed by atoms with van der Waals surface area (Å²) in [5.74, 6) is 0. The van der Waals surface area contributed by atoms with Gasteiger partial charge in [-0.1, -0.05) is 30.1 Å². The van der Waals surface area contributed by atoms with Crippen LogP contribution >= 0.6 is 0 Å². The Morgan fingerprint density at radius 3 is 2.40 bits per heavy atom. The Kier molecular flexibility index (Phi) is 19.3. The SMILES string of the molecule is CCC/C=C(\C)CC/C(C)=N/O.COCCOCCN. The van der Waals surface area contributed by atoms with E-state index in [1.54, 1.807) is 7.11 Å². The Morgan fingerprint density at radius 2 is 1.90 bits per heavy atom. The van der Waals surface area contributed by atoms with Gasteiger partial charge >= 0.3 is 0 Å². The van der Waals surface area contributed by atoms with Crippen molar-refractivity contribution in [2.45, 2.75) is 46.5 Å². The number of unbranched alkanes of at least 4 members (excludes halogenated alkanes) is 1. The van der Waals surface area contributed by atoms with Crippen LogP contribution in [0.25, 0.3) is 0 Å². The molecular formula is C15H32N2O3. The van der Waals surface area contributed by atoms with Crippen molar-refractivity contribution in [3.8, 4) is 0 Å². The van der Waals surface area contributed by atoms with Crippen LogP contribution in [0.15, 0.2) is 16.8 Å². The Balaban J connectivity index is 0. The predicted octanol–water partition coefficient (Wildman–Crippen LogP) is 2.97. The van der Waals surface area contributed by atoms with E-state index in [0.29, 0.717) is 26.4 Å². The van der Waals surface area contributed by atoms with Crippen LogP contribution in [0.1, 0.15) is 46.5 Å². The second-order valence-electron chi connectivity index (χ2n) is 4.57. The fourth-order valence-electron chi connectivity index (χ4n) is 1.25. The Morgan fingerprint density at radius 1 is 1.20 bits per heavy atom. The smallest absolute Gasteiger partial charge is 0.0700 e. The molecule has 0 spiro atoms. The number of allylic oxidation sites excluding steroid dienone is 2. The molecule has 0 radical (unpaired) electrons. The van der Waals surface area contributed by atoms with Crippen molar-refractivity contribution in [3.05, 3.63) is 11.6 Å². The maximum Gasteiger partial charge on any atom is 0.0700 e. The van der Waals surface area contributed by atoms with E-state index in [4.69, 9.17) is 20.4 Å². The number of nitrogens with zero attached hydrogens (tertiary/aromatic N) is 1. The molecule has 0 aliphatic heterocycles. The van der Waals surface area contributed by atoms with Gasteiger partial charge in [0.1, 0.15) is 0 Å². The third-order valence-corrected chi connectivity index (χ3v) is 2.53. The fraction of sp³-hybridized carbons (Fsp3) is 0.800. The van der Waals surface area contributed by atoms with E-state index >= 15 is 0 Å². The number of rotatable bonds is 10. The van der Waals surface area contributed by atoms with Gasteiger partial charge in [0.05, 0.1) is 25.5 Å². The molecule has 0 fully saturated rings. The highest BCUT2D eigenvalue weighted by molar-refractivity contribution is 5.81. The number of ether oxygens (including phenoxy) is 2. The van der Waals surface area contributed by atoms with Gasteiger partial charge in [-0.25, -0.2) is 0 Å². The minimum absolute atomic E-state index is 0.587. The maximum atomic E-state index is 8.39. The van der Waals surface area contributed by atoms with Crippen LogP contribution in [-0.2, 0) is 9.47 Å². The highest BCUT2D eigenvalue weighted by Gasteiger charge is 1.93. The van der Waals surface area contributed by atoms with E-state index in [0.717, 1.165) is 25.0 Å². The monoisotopic (exact) mass is 288 g/mol. The minimum Gasteiger partial charge on any atom is -0.411 e. The number of methoxy groups -OCH3 is 1. The first-order chi connectivity index (χ1) is 9.62. The molecule has 5 nitrogen and oxygen atoms in total. The van der Waals surface area contributed by atoms with E-state index in [2.05, 4.69) is 25.1 Å². The van der Waals surface area contributed by atoms with E-state index < -0.39 is 0 Å².